The first-order valence-electron chi connectivity index (χ1n) is 5.62. The Balaban J connectivity index is 3.19. The summed E-state index contributed by atoms with van der Waals surface area (Å²) in [5, 5.41) is 32.4. The van der Waals surface area contributed by atoms with Gasteiger partial charge in [0.2, 0.25) is 5.91 Å². The number of primary amides is 1. The van der Waals surface area contributed by atoms with E-state index in [1.807, 2.05) is 0 Å². The molecular weight excluding hydrogens is 294 g/mol. The van der Waals surface area contributed by atoms with Gasteiger partial charge >= 0.3 is 0 Å². The van der Waals surface area contributed by atoms with Gasteiger partial charge in [-0.15, -0.1) is 0 Å². The highest BCUT2D eigenvalue weighted by molar-refractivity contribution is 5.95. The number of benzene rings is 1. The Morgan fingerprint density at radius 1 is 1.32 bits per heavy atom. The second kappa shape index (κ2) is 7.15. The fraction of sp³-hybridized carbons (Fsp3) is 0. The first-order chi connectivity index (χ1) is 10.4. The number of nitro benzene ring substituents is 2. The van der Waals surface area contributed by atoms with E-state index in [0.717, 1.165) is 36.6 Å². The number of carbonyl (C=O) groups excluding carboxylic acids is 1. The number of nitrogens with two attached hydrogens (primary N) is 1. The molecule has 0 fully saturated rings. The summed E-state index contributed by atoms with van der Waals surface area (Å²) < 4.78 is 0. The molecule has 0 saturated carbocycles. The molecule has 1 aromatic carbocycles. The van der Waals surface area contributed by atoms with Crippen molar-refractivity contribution in [2.75, 3.05) is 5.32 Å². The number of nitro groups is 2. The molecule has 0 aliphatic carbocycles. The number of non-ortho nitro benzene ring substituents is 1. The maximum atomic E-state index is 11.1. The van der Waals surface area contributed by atoms with Crippen molar-refractivity contribution < 1.29 is 14.6 Å². The summed E-state index contributed by atoms with van der Waals surface area (Å²) in [6, 6.07) is 4.64. The van der Waals surface area contributed by atoms with Crippen LogP contribution >= 0.6 is 0 Å². The highest BCUT2D eigenvalue weighted by Gasteiger charge is 2.19. The Morgan fingerprint density at radius 2 is 2.00 bits per heavy atom. The minimum atomic E-state index is -0.858. The van der Waals surface area contributed by atoms with Crippen LogP contribution in [0.4, 0.5) is 17.1 Å². The molecule has 10 nitrogen and oxygen atoms in total. The highest BCUT2D eigenvalue weighted by Crippen LogP contribution is 2.29. The van der Waals surface area contributed by atoms with E-state index < -0.39 is 27.1 Å². The summed E-state index contributed by atoms with van der Waals surface area (Å²) in [6.07, 6.45) is 3.18. The molecule has 10 heteroatoms. The lowest BCUT2D eigenvalue weighted by Gasteiger charge is -2.03. The lowest BCUT2D eigenvalue weighted by atomic mass is 10.2. The summed E-state index contributed by atoms with van der Waals surface area (Å²) in [7, 11) is 0. The van der Waals surface area contributed by atoms with Crippen LogP contribution in [-0.4, -0.2) is 15.8 Å². The van der Waals surface area contributed by atoms with Gasteiger partial charge in [0.25, 0.3) is 11.4 Å². The minimum absolute atomic E-state index is 0.0697. The molecule has 0 aliphatic rings. The molecule has 0 saturated heterocycles. The van der Waals surface area contributed by atoms with E-state index in [1.54, 1.807) is 6.07 Å². The lowest BCUT2D eigenvalue weighted by Crippen LogP contribution is -2.13. The van der Waals surface area contributed by atoms with Crippen molar-refractivity contribution >= 4 is 23.0 Å². The number of nitriles is 1. The molecule has 0 aromatic heterocycles. The molecule has 0 aliphatic heterocycles. The molecule has 22 heavy (non-hydrogen) atoms. The van der Waals surface area contributed by atoms with Crippen LogP contribution in [0.15, 0.2) is 42.1 Å². The van der Waals surface area contributed by atoms with Gasteiger partial charge in [0, 0.05) is 18.3 Å². The first-order valence-corrected chi connectivity index (χ1v) is 5.62. The topological polar surface area (TPSA) is 165 Å². The van der Waals surface area contributed by atoms with Crippen LogP contribution in [0.1, 0.15) is 0 Å². The van der Waals surface area contributed by atoms with E-state index in [1.165, 1.54) is 0 Å². The number of hydrogen-bond donors (Lipinski definition) is 2. The number of nitrogens with one attached hydrogen (secondary N) is 1. The van der Waals surface area contributed by atoms with Gasteiger partial charge in [-0.1, -0.05) is 0 Å². The number of anilines is 1. The van der Waals surface area contributed by atoms with Gasteiger partial charge in [0.05, 0.1) is 27.6 Å². The van der Waals surface area contributed by atoms with Crippen LogP contribution in [0.5, 0.6) is 0 Å². The zero-order valence-corrected chi connectivity index (χ0v) is 10.9. The quantitative estimate of drug-likeness (QED) is 0.263. The third-order valence-corrected chi connectivity index (χ3v) is 2.39. The molecule has 1 rings (SSSR count). The Bertz CT molecular complexity index is 732. The monoisotopic (exact) mass is 303 g/mol. The van der Waals surface area contributed by atoms with E-state index in [0.29, 0.717) is 0 Å². The summed E-state index contributed by atoms with van der Waals surface area (Å²) in [4.78, 5) is 31.1. The fourth-order valence-corrected chi connectivity index (χ4v) is 1.39. The van der Waals surface area contributed by atoms with Crippen LogP contribution in [0.25, 0.3) is 0 Å². The normalized spacial score (nSPS) is 11.0. The second-order valence-electron chi connectivity index (χ2n) is 3.79. The molecule has 112 valence electrons. The van der Waals surface area contributed by atoms with Crippen LogP contribution < -0.4 is 11.1 Å². The van der Waals surface area contributed by atoms with E-state index in [-0.39, 0.29) is 11.3 Å². The van der Waals surface area contributed by atoms with Crippen molar-refractivity contribution in [2.45, 2.75) is 0 Å². The molecule has 0 spiro atoms. The zero-order chi connectivity index (χ0) is 16.7. The molecule has 0 unspecified atom stereocenters. The van der Waals surface area contributed by atoms with Crippen LogP contribution in [0.3, 0.4) is 0 Å². The molecule has 3 N–H and O–H groups in total. The Kier molecular flexibility index (Phi) is 5.30. The Hall–Kier alpha value is -3.74. The molecule has 1 aromatic rings. The van der Waals surface area contributed by atoms with Gasteiger partial charge in [-0.05, 0) is 12.1 Å². The predicted molar refractivity (Wildman–Crippen MR) is 75.4 cm³/mol. The van der Waals surface area contributed by atoms with Crippen molar-refractivity contribution in [1.29, 1.82) is 5.26 Å². The van der Waals surface area contributed by atoms with Crippen LogP contribution in [0, 0.1) is 31.6 Å². The molecule has 1 amide bonds. The van der Waals surface area contributed by atoms with Crippen molar-refractivity contribution in [1.82, 2.24) is 0 Å². The van der Waals surface area contributed by atoms with E-state index in [2.05, 4.69) is 5.32 Å². The van der Waals surface area contributed by atoms with Crippen molar-refractivity contribution in [2.24, 2.45) is 5.73 Å². The molecule has 0 bridgehead atoms. The number of rotatable bonds is 6. The number of carbonyl (C=O) groups is 1. The molecular formula is C12H9N5O5. The summed E-state index contributed by atoms with van der Waals surface area (Å²) >= 11 is 0. The highest BCUT2D eigenvalue weighted by atomic mass is 16.6. The van der Waals surface area contributed by atoms with Crippen LogP contribution in [0.2, 0.25) is 0 Å². The maximum Gasteiger partial charge on any atom is 0.299 e. The van der Waals surface area contributed by atoms with E-state index in [9.17, 15) is 25.0 Å². The fourth-order valence-electron chi connectivity index (χ4n) is 1.39. The van der Waals surface area contributed by atoms with Gasteiger partial charge in [0.15, 0.2) is 0 Å². The third-order valence-electron chi connectivity index (χ3n) is 2.39. The number of nitrogens with zero attached hydrogens (tertiary/aromatic N) is 3. The van der Waals surface area contributed by atoms with Gasteiger partial charge in [-0.2, -0.15) is 5.26 Å². The van der Waals surface area contributed by atoms with Gasteiger partial charge in [0.1, 0.15) is 5.69 Å². The second-order valence-corrected chi connectivity index (χ2v) is 3.79. The molecule has 0 atom stereocenters. The Morgan fingerprint density at radius 3 is 2.50 bits per heavy atom. The third kappa shape index (κ3) is 4.14. The van der Waals surface area contributed by atoms with Crippen molar-refractivity contribution in [3.05, 3.63) is 62.4 Å². The molecule has 0 heterocycles. The smallest absolute Gasteiger partial charge is 0.299 e. The Labute approximate surface area is 123 Å². The summed E-state index contributed by atoms with van der Waals surface area (Å²) in [5.41, 5.74) is 3.91. The van der Waals surface area contributed by atoms with Crippen molar-refractivity contribution in [3.8, 4) is 6.07 Å². The average molecular weight is 303 g/mol. The molecule has 0 radical (unpaired) electrons. The van der Waals surface area contributed by atoms with Gasteiger partial charge in [-0.25, -0.2) is 0 Å². The lowest BCUT2D eigenvalue weighted by molar-refractivity contribution is -0.393. The average Bonchev–Trinajstić information content (AvgIpc) is 2.46. The number of allylic oxidation sites excluding steroid dienone is 1. The van der Waals surface area contributed by atoms with Gasteiger partial charge in [-0.3, -0.25) is 25.0 Å². The number of amides is 1. The largest absolute Gasteiger partial charge is 0.366 e. The SMILES string of the molecule is N#C/C=C/C(=C/Nc1ccc([N+](=O)[O-])cc1[N+](=O)[O-])C(N)=O. The maximum absolute atomic E-state index is 11.1. The summed E-state index contributed by atoms with van der Waals surface area (Å²) in [5.74, 6) is -0.858. The number of hydrogen-bond acceptors (Lipinski definition) is 7. The van der Waals surface area contributed by atoms with Crippen LogP contribution in [-0.2, 0) is 4.79 Å². The summed E-state index contributed by atoms with van der Waals surface area (Å²) in [6.45, 7) is 0. The van der Waals surface area contributed by atoms with Gasteiger partial charge < -0.3 is 11.1 Å². The van der Waals surface area contributed by atoms with E-state index >= 15 is 0 Å². The minimum Gasteiger partial charge on any atom is -0.366 e. The standard InChI is InChI=1S/C12H9N5O5/c13-5-1-2-8(12(14)18)7-15-10-4-3-9(16(19)20)6-11(10)17(21)22/h1-4,6-7,15H,(H2,14,18)/b2-1+,8-7-. The van der Waals surface area contributed by atoms with Crippen molar-refractivity contribution in [3.63, 3.8) is 0 Å². The van der Waals surface area contributed by atoms with E-state index in [4.69, 9.17) is 11.0 Å². The first kappa shape index (κ1) is 16.3. The zero-order valence-electron chi connectivity index (χ0n) is 10.9. The predicted octanol–water partition coefficient (Wildman–Crippen LogP) is 1.36.